The molecule has 2 rings (SSSR count). The monoisotopic (exact) mass is 330 g/mol. The van der Waals surface area contributed by atoms with E-state index in [9.17, 15) is 9.59 Å². The highest BCUT2D eigenvalue weighted by Gasteiger charge is 2.18. The Morgan fingerprint density at radius 1 is 1.12 bits per heavy atom. The van der Waals surface area contributed by atoms with E-state index in [1.54, 1.807) is 0 Å². The summed E-state index contributed by atoms with van der Waals surface area (Å²) in [6.45, 7) is 0.286. The van der Waals surface area contributed by atoms with E-state index in [4.69, 9.17) is 14.2 Å². The van der Waals surface area contributed by atoms with Crippen molar-refractivity contribution >= 4 is 12.3 Å². The molecule has 0 atom stereocenters. The lowest BCUT2D eigenvalue weighted by atomic mass is 10.1. The van der Waals surface area contributed by atoms with Gasteiger partial charge in [-0.3, -0.25) is 4.79 Å². The van der Waals surface area contributed by atoms with Gasteiger partial charge in [-0.05, 0) is 11.6 Å². The smallest absolute Gasteiger partial charge is 0.338 e. The zero-order valence-electron chi connectivity index (χ0n) is 13.5. The lowest BCUT2D eigenvalue weighted by Crippen LogP contribution is -2.10. The summed E-state index contributed by atoms with van der Waals surface area (Å²) in [6, 6.07) is 12.5. The summed E-state index contributed by atoms with van der Waals surface area (Å²) in [5.41, 5.74) is 1.16. The Balaban J connectivity index is 2.10. The number of esters is 1. The summed E-state index contributed by atoms with van der Waals surface area (Å²) >= 11 is 0. The highest BCUT2D eigenvalue weighted by molar-refractivity contribution is 6.00. The van der Waals surface area contributed by atoms with Gasteiger partial charge in [0.25, 0.3) is 0 Å². The quantitative estimate of drug-likeness (QED) is 0.321. The van der Waals surface area contributed by atoms with Gasteiger partial charge < -0.3 is 18.9 Å². The third kappa shape index (κ3) is 4.33. The normalized spacial score (nSPS) is 10.1. The van der Waals surface area contributed by atoms with Gasteiger partial charge in [-0.25, -0.2) is 4.79 Å². The first-order valence-electron chi connectivity index (χ1n) is 7.19. The highest BCUT2D eigenvalue weighted by Crippen LogP contribution is 2.28. The maximum Gasteiger partial charge on any atom is 0.338 e. The maximum absolute atomic E-state index is 11.8. The Labute approximate surface area is 139 Å². The van der Waals surface area contributed by atoms with Crippen LogP contribution in [-0.4, -0.2) is 33.3 Å². The van der Waals surface area contributed by atoms with Crippen LogP contribution in [0.15, 0.2) is 42.5 Å². The SMILES string of the molecule is COC(=O)c1cc(OC)cc(OCOCc2ccccc2)c1C=O. The molecule has 0 bridgehead atoms. The first kappa shape index (κ1) is 17.5. The number of benzene rings is 2. The summed E-state index contributed by atoms with van der Waals surface area (Å²) in [4.78, 5) is 23.2. The molecule has 0 amide bonds. The third-order valence-electron chi connectivity index (χ3n) is 3.28. The van der Waals surface area contributed by atoms with E-state index in [0.29, 0.717) is 18.6 Å². The molecule has 126 valence electrons. The van der Waals surface area contributed by atoms with E-state index < -0.39 is 5.97 Å². The molecule has 0 unspecified atom stereocenters. The van der Waals surface area contributed by atoms with Gasteiger partial charge in [0.1, 0.15) is 11.5 Å². The standard InChI is InChI=1S/C18H18O6/c1-21-14-8-15(18(20)22-2)16(10-19)17(9-14)24-12-23-11-13-6-4-3-5-7-13/h3-10H,11-12H2,1-2H3. The first-order valence-corrected chi connectivity index (χ1v) is 7.19. The number of rotatable bonds is 8. The number of carbonyl (C=O) groups is 2. The molecule has 0 aromatic heterocycles. The average molecular weight is 330 g/mol. The molecular formula is C18H18O6. The number of methoxy groups -OCH3 is 2. The van der Waals surface area contributed by atoms with E-state index in [0.717, 1.165) is 5.56 Å². The molecule has 6 heteroatoms. The molecule has 6 nitrogen and oxygen atoms in total. The zero-order valence-corrected chi connectivity index (χ0v) is 13.5. The molecule has 0 spiro atoms. The van der Waals surface area contributed by atoms with Crippen molar-refractivity contribution in [2.45, 2.75) is 6.61 Å². The van der Waals surface area contributed by atoms with Crippen molar-refractivity contribution in [2.75, 3.05) is 21.0 Å². The van der Waals surface area contributed by atoms with Crippen molar-refractivity contribution in [3.05, 3.63) is 59.2 Å². The lowest BCUT2D eigenvalue weighted by molar-refractivity contribution is 0.00456. The Hall–Kier alpha value is -2.86. The largest absolute Gasteiger partial charge is 0.497 e. The molecule has 0 saturated heterocycles. The minimum Gasteiger partial charge on any atom is -0.497 e. The predicted molar refractivity (Wildman–Crippen MR) is 86.4 cm³/mol. The van der Waals surface area contributed by atoms with Crippen LogP contribution in [-0.2, 0) is 16.1 Å². The zero-order chi connectivity index (χ0) is 17.4. The molecule has 0 aliphatic carbocycles. The summed E-state index contributed by atoms with van der Waals surface area (Å²) in [6.07, 6.45) is 0.540. The number of hydrogen-bond donors (Lipinski definition) is 0. The van der Waals surface area contributed by atoms with Crippen LogP contribution in [0.4, 0.5) is 0 Å². The molecule has 2 aromatic rings. The number of hydrogen-bond acceptors (Lipinski definition) is 6. The number of ether oxygens (including phenoxy) is 4. The van der Waals surface area contributed by atoms with Crippen molar-refractivity contribution in [1.82, 2.24) is 0 Å². The second kappa shape index (κ2) is 8.69. The predicted octanol–water partition coefficient (Wildman–Crippen LogP) is 2.85. The highest BCUT2D eigenvalue weighted by atomic mass is 16.7. The number of carbonyl (C=O) groups excluding carboxylic acids is 2. The van der Waals surface area contributed by atoms with Gasteiger partial charge >= 0.3 is 5.97 Å². The van der Waals surface area contributed by atoms with E-state index in [2.05, 4.69) is 4.74 Å². The Bertz CT molecular complexity index is 696. The molecule has 0 aliphatic heterocycles. The second-order valence-electron chi connectivity index (χ2n) is 4.79. The number of aldehydes is 1. The molecule has 0 N–H and O–H groups in total. The lowest BCUT2D eigenvalue weighted by Gasteiger charge is -2.13. The summed E-state index contributed by atoms with van der Waals surface area (Å²) < 4.78 is 20.7. The van der Waals surface area contributed by atoms with Crippen LogP contribution in [0.1, 0.15) is 26.3 Å². The van der Waals surface area contributed by atoms with Gasteiger partial charge in [0.15, 0.2) is 13.1 Å². The van der Waals surface area contributed by atoms with Crippen LogP contribution in [0, 0.1) is 0 Å². The molecule has 2 aromatic carbocycles. The summed E-state index contributed by atoms with van der Waals surface area (Å²) in [5.74, 6) is -0.0806. The van der Waals surface area contributed by atoms with Gasteiger partial charge in [-0.2, -0.15) is 0 Å². The van der Waals surface area contributed by atoms with Gasteiger partial charge in [-0.15, -0.1) is 0 Å². The Morgan fingerprint density at radius 3 is 2.50 bits per heavy atom. The van der Waals surface area contributed by atoms with E-state index in [-0.39, 0.29) is 23.7 Å². The maximum atomic E-state index is 11.8. The summed E-state index contributed by atoms with van der Waals surface area (Å²) in [7, 11) is 2.69. The van der Waals surface area contributed by atoms with Gasteiger partial charge in [-0.1, -0.05) is 30.3 Å². The van der Waals surface area contributed by atoms with Crippen LogP contribution in [0.3, 0.4) is 0 Å². The van der Waals surface area contributed by atoms with Crippen molar-refractivity contribution < 1.29 is 28.5 Å². The van der Waals surface area contributed by atoms with Crippen LogP contribution in [0.25, 0.3) is 0 Å². The Morgan fingerprint density at radius 2 is 1.88 bits per heavy atom. The van der Waals surface area contributed by atoms with Crippen molar-refractivity contribution in [3.63, 3.8) is 0 Å². The summed E-state index contributed by atoms with van der Waals surface area (Å²) in [5, 5.41) is 0. The van der Waals surface area contributed by atoms with Crippen LogP contribution >= 0.6 is 0 Å². The van der Waals surface area contributed by atoms with E-state index >= 15 is 0 Å². The van der Waals surface area contributed by atoms with Crippen molar-refractivity contribution in [2.24, 2.45) is 0 Å². The molecular weight excluding hydrogens is 312 g/mol. The fourth-order valence-electron chi connectivity index (χ4n) is 2.08. The molecule has 0 saturated carbocycles. The Kier molecular flexibility index (Phi) is 6.33. The topological polar surface area (TPSA) is 71.1 Å². The molecule has 0 radical (unpaired) electrons. The fourth-order valence-corrected chi connectivity index (χ4v) is 2.08. The van der Waals surface area contributed by atoms with E-state index in [1.807, 2.05) is 30.3 Å². The van der Waals surface area contributed by atoms with Crippen LogP contribution in [0.2, 0.25) is 0 Å². The van der Waals surface area contributed by atoms with E-state index in [1.165, 1.54) is 26.4 Å². The third-order valence-corrected chi connectivity index (χ3v) is 3.28. The van der Waals surface area contributed by atoms with Gasteiger partial charge in [0.2, 0.25) is 0 Å². The van der Waals surface area contributed by atoms with Crippen molar-refractivity contribution in [1.29, 1.82) is 0 Å². The van der Waals surface area contributed by atoms with Crippen LogP contribution < -0.4 is 9.47 Å². The second-order valence-corrected chi connectivity index (χ2v) is 4.79. The first-order chi connectivity index (χ1) is 11.7. The molecule has 24 heavy (non-hydrogen) atoms. The van der Waals surface area contributed by atoms with Gasteiger partial charge in [0, 0.05) is 6.07 Å². The fraction of sp³-hybridized carbons (Fsp3) is 0.222. The molecule has 0 aliphatic rings. The average Bonchev–Trinajstić information content (AvgIpc) is 2.64. The molecule has 0 fully saturated rings. The van der Waals surface area contributed by atoms with Crippen LogP contribution in [0.5, 0.6) is 11.5 Å². The minimum atomic E-state index is -0.647. The van der Waals surface area contributed by atoms with Gasteiger partial charge in [0.05, 0.1) is 32.0 Å². The molecule has 0 heterocycles. The van der Waals surface area contributed by atoms with Crippen molar-refractivity contribution in [3.8, 4) is 11.5 Å². The minimum absolute atomic E-state index is 0.0740.